The summed E-state index contributed by atoms with van der Waals surface area (Å²) in [4.78, 5) is 33.8. The van der Waals surface area contributed by atoms with Crippen LogP contribution in [0.2, 0.25) is 0 Å². The van der Waals surface area contributed by atoms with Gasteiger partial charge in [0.25, 0.3) is 0 Å². The van der Waals surface area contributed by atoms with Gasteiger partial charge in [0.15, 0.2) is 17.5 Å². The monoisotopic (exact) mass is 309 g/mol. The van der Waals surface area contributed by atoms with Crippen molar-refractivity contribution in [2.75, 3.05) is 14.2 Å². The van der Waals surface area contributed by atoms with E-state index in [0.717, 1.165) is 5.56 Å². The lowest BCUT2D eigenvalue weighted by molar-refractivity contribution is -0.133. The lowest BCUT2D eigenvalue weighted by Gasteiger charge is -2.14. The topological polar surface area (TPSA) is 134 Å². The van der Waals surface area contributed by atoms with E-state index in [1.807, 2.05) is 0 Å². The molecule has 5 N–H and O–H groups in total. The van der Waals surface area contributed by atoms with Crippen molar-refractivity contribution in [3.8, 4) is 11.5 Å². The van der Waals surface area contributed by atoms with Crippen LogP contribution in [0.5, 0.6) is 11.5 Å². The largest absolute Gasteiger partial charge is 0.493 e. The van der Waals surface area contributed by atoms with Crippen LogP contribution in [0.25, 0.3) is 0 Å². The zero-order valence-corrected chi connectivity index (χ0v) is 12.4. The number of amides is 3. The molecule has 8 nitrogen and oxygen atoms in total. The summed E-state index contributed by atoms with van der Waals surface area (Å²) in [5.41, 5.74) is 10.7. The smallest absolute Gasteiger partial charge is 0.249 e. The number of hydrogen-bond acceptors (Lipinski definition) is 5. The Hall–Kier alpha value is -2.77. The molecule has 0 spiro atoms. The number of carbonyl (C=O) groups is 3. The van der Waals surface area contributed by atoms with E-state index in [2.05, 4.69) is 5.32 Å². The molecule has 0 aromatic heterocycles. The van der Waals surface area contributed by atoms with Gasteiger partial charge >= 0.3 is 0 Å². The van der Waals surface area contributed by atoms with Gasteiger partial charge in [0, 0.05) is 6.42 Å². The van der Waals surface area contributed by atoms with Gasteiger partial charge in [0.05, 0.1) is 14.2 Å². The highest BCUT2D eigenvalue weighted by Crippen LogP contribution is 2.31. The lowest BCUT2D eigenvalue weighted by Crippen LogP contribution is -2.52. The fourth-order valence-corrected chi connectivity index (χ4v) is 1.91. The molecule has 0 saturated carbocycles. The number of rotatable bonds is 8. The third-order valence-electron chi connectivity index (χ3n) is 2.98. The maximum Gasteiger partial charge on any atom is 0.249 e. The predicted octanol–water partition coefficient (Wildman–Crippen LogP) is -0.908. The Kier molecular flexibility index (Phi) is 6.18. The van der Waals surface area contributed by atoms with Crippen molar-refractivity contribution in [3.05, 3.63) is 23.8 Å². The van der Waals surface area contributed by atoms with Crippen molar-refractivity contribution in [1.29, 1.82) is 0 Å². The Bertz CT molecular complexity index is 560. The molecule has 0 heterocycles. The minimum atomic E-state index is -1.51. The fraction of sp³-hybridized carbons (Fsp3) is 0.357. The Morgan fingerprint density at radius 1 is 1.14 bits per heavy atom. The van der Waals surface area contributed by atoms with Gasteiger partial charge in [-0.3, -0.25) is 14.4 Å². The highest BCUT2D eigenvalue weighted by molar-refractivity contribution is 6.05. The first-order chi connectivity index (χ1) is 10.4. The lowest BCUT2D eigenvalue weighted by atomic mass is 10.1. The van der Waals surface area contributed by atoms with E-state index in [9.17, 15) is 14.4 Å². The molecular formula is C14H19N3O5. The van der Waals surface area contributed by atoms with E-state index in [-0.39, 0.29) is 6.42 Å². The standard InChI is InChI=1S/C14H19N3O5/c1-21-9-5-3-4-8(12(9)22-2)6-7-10(18)17-11(13(15)19)14(16)20/h3-5,11H,6-7H2,1-2H3,(H2,15,19)(H2,16,20)(H,17,18). The number of methoxy groups -OCH3 is 2. The Morgan fingerprint density at radius 3 is 2.27 bits per heavy atom. The average molecular weight is 309 g/mol. The number of aryl methyl sites for hydroxylation is 1. The molecule has 0 radical (unpaired) electrons. The SMILES string of the molecule is COc1cccc(CCC(=O)NC(C(N)=O)C(N)=O)c1OC. The molecule has 0 unspecified atom stereocenters. The van der Waals surface area contributed by atoms with Crippen molar-refractivity contribution < 1.29 is 23.9 Å². The summed E-state index contributed by atoms with van der Waals surface area (Å²) < 4.78 is 10.4. The quantitative estimate of drug-likeness (QED) is 0.535. The molecule has 1 aromatic carbocycles. The highest BCUT2D eigenvalue weighted by atomic mass is 16.5. The first kappa shape index (κ1) is 17.3. The van der Waals surface area contributed by atoms with E-state index < -0.39 is 23.8 Å². The summed E-state index contributed by atoms with van der Waals surface area (Å²) in [6.07, 6.45) is 0.358. The molecule has 22 heavy (non-hydrogen) atoms. The van der Waals surface area contributed by atoms with E-state index in [0.29, 0.717) is 17.9 Å². The summed E-state index contributed by atoms with van der Waals surface area (Å²) in [7, 11) is 3.01. The van der Waals surface area contributed by atoms with Crippen LogP contribution >= 0.6 is 0 Å². The molecule has 1 aromatic rings. The molecule has 3 amide bonds. The van der Waals surface area contributed by atoms with E-state index >= 15 is 0 Å². The number of benzene rings is 1. The second-order valence-corrected chi connectivity index (χ2v) is 4.46. The number of hydrogen-bond donors (Lipinski definition) is 3. The first-order valence-corrected chi connectivity index (χ1v) is 6.48. The van der Waals surface area contributed by atoms with Crippen LogP contribution in [0.1, 0.15) is 12.0 Å². The zero-order chi connectivity index (χ0) is 16.7. The van der Waals surface area contributed by atoms with Gasteiger partial charge < -0.3 is 26.3 Å². The van der Waals surface area contributed by atoms with Crippen LogP contribution < -0.4 is 26.3 Å². The summed E-state index contributed by atoms with van der Waals surface area (Å²) in [5.74, 6) is -1.45. The van der Waals surface area contributed by atoms with Gasteiger partial charge in [0.2, 0.25) is 17.7 Å². The van der Waals surface area contributed by atoms with E-state index in [1.54, 1.807) is 18.2 Å². The second-order valence-electron chi connectivity index (χ2n) is 4.46. The molecule has 0 aliphatic carbocycles. The number of para-hydroxylation sites is 1. The fourth-order valence-electron chi connectivity index (χ4n) is 1.91. The van der Waals surface area contributed by atoms with Gasteiger partial charge in [-0.2, -0.15) is 0 Å². The molecule has 0 aliphatic rings. The van der Waals surface area contributed by atoms with Crippen molar-refractivity contribution in [2.45, 2.75) is 18.9 Å². The number of primary amides is 2. The molecule has 0 fully saturated rings. The normalized spacial score (nSPS) is 10.1. The number of nitrogens with two attached hydrogens (primary N) is 2. The maximum atomic E-state index is 11.8. The molecule has 0 bridgehead atoms. The minimum absolute atomic E-state index is 0.0284. The molecule has 0 saturated heterocycles. The van der Waals surface area contributed by atoms with Crippen LogP contribution in [0.3, 0.4) is 0 Å². The molecule has 120 valence electrons. The van der Waals surface area contributed by atoms with Crippen molar-refractivity contribution >= 4 is 17.7 Å². The van der Waals surface area contributed by atoms with Crippen LogP contribution in [0.4, 0.5) is 0 Å². The van der Waals surface area contributed by atoms with Crippen molar-refractivity contribution in [2.24, 2.45) is 11.5 Å². The van der Waals surface area contributed by atoms with E-state index in [1.165, 1.54) is 14.2 Å². The Balaban J connectivity index is 2.72. The van der Waals surface area contributed by atoms with Crippen LogP contribution in [0, 0.1) is 0 Å². The number of ether oxygens (including phenoxy) is 2. The van der Waals surface area contributed by atoms with Crippen molar-refractivity contribution in [3.63, 3.8) is 0 Å². The maximum absolute atomic E-state index is 11.8. The molecule has 1 rings (SSSR count). The summed E-state index contributed by atoms with van der Waals surface area (Å²) >= 11 is 0. The van der Waals surface area contributed by atoms with Gasteiger partial charge in [-0.15, -0.1) is 0 Å². The summed E-state index contributed by atoms with van der Waals surface area (Å²) in [6, 6.07) is 3.77. The van der Waals surface area contributed by atoms with Gasteiger partial charge in [-0.05, 0) is 18.1 Å². The highest BCUT2D eigenvalue weighted by Gasteiger charge is 2.23. The Morgan fingerprint density at radius 2 is 1.77 bits per heavy atom. The van der Waals surface area contributed by atoms with Gasteiger partial charge in [-0.1, -0.05) is 12.1 Å². The molecular weight excluding hydrogens is 290 g/mol. The Labute approximate surface area is 127 Å². The van der Waals surface area contributed by atoms with Crippen LogP contribution in [0.15, 0.2) is 18.2 Å². The zero-order valence-electron chi connectivity index (χ0n) is 12.4. The number of nitrogens with one attached hydrogen (secondary N) is 1. The second kappa shape index (κ2) is 7.87. The predicted molar refractivity (Wildman–Crippen MR) is 78.2 cm³/mol. The third kappa shape index (κ3) is 4.37. The average Bonchev–Trinajstić information content (AvgIpc) is 2.49. The summed E-state index contributed by atoms with van der Waals surface area (Å²) in [6.45, 7) is 0. The minimum Gasteiger partial charge on any atom is -0.493 e. The van der Waals surface area contributed by atoms with Gasteiger partial charge in [-0.25, -0.2) is 0 Å². The van der Waals surface area contributed by atoms with Crippen molar-refractivity contribution in [1.82, 2.24) is 5.32 Å². The third-order valence-corrected chi connectivity index (χ3v) is 2.98. The molecule has 8 heteroatoms. The summed E-state index contributed by atoms with van der Waals surface area (Å²) in [5, 5.41) is 2.19. The first-order valence-electron chi connectivity index (χ1n) is 6.48. The number of carbonyl (C=O) groups excluding carboxylic acids is 3. The van der Waals surface area contributed by atoms with Crippen LogP contribution in [-0.2, 0) is 20.8 Å². The molecule has 0 aliphatic heterocycles. The van der Waals surface area contributed by atoms with Gasteiger partial charge in [0.1, 0.15) is 0 Å². The molecule has 0 atom stereocenters. The van der Waals surface area contributed by atoms with E-state index in [4.69, 9.17) is 20.9 Å². The van der Waals surface area contributed by atoms with Crippen LogP contribution in [-0.4, -0.2) is 38.0 Å².